The number of rotatable bonds is 10. The van der Waals surface area contributed by atoms with E-state index in [2.05, 4.69) is 20.6 Å². The van der Waals surface area contributed by atoms with Crippen LogP contribution in [0.4, 0.5) is 0 Å². The second kappa shape index (κ2) is 10.3. The van der Waals surface area contributed by atoms with Crippen LogP contribution in [-0.4, -0.2) is 36.0 Å². The Labute approximate surface area is 172 Å². The van der Waals surface area contributed by atoms with Gasteiger partial charge in [-0.05, 0) is 11.1 Å². The molecule has 0 atom stereocenters. The molecule has 0 saturated heterocycles. The minimum atomic E-state index is -0.335. The molecule has 1 aromatic carbocycles. The molecule has 0 fully saturated rings. The van der Waals surface area contributed by atoms with Crippen LogP contribution >= 0.6 is 0 Å². The smallest absolute Gasteiger partial charge is 0.273 e. The van der Waals surface area contributed by atoms with Gasteiger partial charge >= 0.3 is 0 Å². The van der Waals surface area contributed by atoms with Crippen molar-refractivity contribution in [1.29, 1.82) is 0 Å². The van der Waals surface area contributed by atoms with Gasteiger partial charge in [0.05, 0.1) is 0 Å². The first-order valence-corrected chi connectivity index (χ1v) is 9.10. The van der Waals surface area contributed by atoms with Crippen LogP contribution in [-0.2, 0) is 35.8 Å². The Morgan fingerprint density at radius 2 is 1.20 bits per heavy atom. The molecule has 0 aliphatic carbocycles. The van der Waals surface area contributed by atoms with Gasteiger partial charge in [-0.1, -0.05) is 24.3 Å². The van der Waals surface area contributed by atoms with E-state index in [-0.39, 0.29) is 36.4 Å². The Bertz CT molecular complexity index is 900. The van der Waals surface area contributed by atoms with Gasteiger partial charge in [0.2, 0.25) is 11.8 Å². The SMILES string of the molecule is COCc1nc(C(=O)NCc2ccc(CNC(=O)c3coc(COC)n3)cc2)co1. The number of carbonyl (C=O) groups excluding carboxylic acids is 2. The summed E-state index contributed by atoms with van der Waals surface area (Å²) >= 11 is 0. The Kier molecular flexibility index (Phi) is 7.30. The molecule has 30 heavy (non-hydrogen) atoms. The number of aromatic nitrogens is 2. The van der Waals surface area contributed by atoms with Crippen LogP contribution in [0.5, 0.6) is 0 Å². The van der Waals surface area contributed by atoms with E-state index in [1.54, 1.807) is 0 Å². The third-order valence-corrected chi connectivity index (χ3v) is 4.03. The van der Waals surface area contributed by atoms with Gasteiger partial charge in [0, 0.05) is 27.3 Å². The second-order valence-corrected chi connectivity index (χ2v) is 6.30. The summed E-state index contributed by atoms with van der Waals surface area (Å²) in [7, 11) is 3.04. The minimum absolute atomic E-state index is 0.197. The molecule has 0 radical (unpaired) electrons. The van der Waals surface area contributed by atoms with E-state index >= 15 is 0 Å². The maximum Gasteiger partial charge on any atom is 0.273 e. The molecule has 3 rings (SSSR count). The molecular formula is C20H22N4O6. The molecule has 2 amide bonds. The number of methoxy groups -OCH3 is 2. The number of hydrogen-bond donors (Lipinski definition) is 2. The highest BCUT2D eigenvalue weighted by Crippen LogP contribution is 2.08. The fraction of sp³-hybridized carbons (Fsp3) is 0.300. The third kappa shape index (κ3) is 5.75. The quantitative estimate of drug-likeness (QED) is 0.514. The Morgan fingerprint density at radius 1 is 0.800 bits per heavy atom. The second-order valence-electron chi connectivity index (χ2n) is 6.30. The number of benzene rings is 1. The van der Waals surface area contributed by atoms with Gasteiger partial charge in [-0.15, -0.1) is 0 Å². The van der Waals surface area contributed by atoms with Crippen molar-refractivity contribution in [3.63, 3.8) is 0 Å². The fourth-order valence-corrected chi connectivity index (χ4v) is 2.53. The first-order chi connectivity index (χ1) is 14.6. The number of carbonyl (C=O) groups is 2. The van der Waals surface area contributed by atoms with E-state index in [9.17, 15) is 9.59 Å². The molecule has 2 N–H and O–H groups in total. The summed E-state index contributed by atoms with van der Waals surface area (Å²) in [6.07, 6.45) is 2.59. The highest BCUT2D eigenvalue weighted by Gasteiger charge is 2.13. The average molecular weight is 414 g/mol. The van der Waals surface area contributed by atoms with Crippen molar-refractivity contribution < 1.29 is 27.9 Å². The maximum atomic E-state index is 12.1. The van der Waals surface area contributed by atoms with E-state index in [4.69, 9.17) is 18.3 Å². The normalized spacial score (nSPS) is 10.7. The number of hydrogen-bond acceptors (Lipinski definition) is 8. The first kappa shape index (κ1) is 21.2. The lowest BCUT2D eigenvalue weighted by Crippen LogP contribution is -2.24. The van der Waals surface area contributed by atoms with Gasteiger partial charge in [0.15, 0.2) is 11.4 Å². The van der Waals surface area contributed by atoms with E-state index in [0.717, 1.165) is 11.1 Å². The van der Waals surface area contributed by atoms with Crippen molar-refractivity contribution in [3.8, 4) is 0 Å². The van der Waals surface area contributed by atoms with Crippen molar-refractivity contribution in [2.75, 3.05) is 14.2 Å². The molecule has 0 unspecified atom stereocenters. The average Bonchev–Trinajstić information content (AvgIpc) is 3.41. The predicted molar refractivity (Wildman–Crippen MR) is 103 cm³/mol. The first-order valence-electron chi connectivity index (χ1n) is 9.10. The van der Waals surface area contributed by atoms with Crippen molar-refractivity contribution in [3.05, 3.63) is 71.1 Å². The summed E-state index contributed by atoms with van der Waals surface area (Å²) in [5.41, 5.74) is 2.20. The highest BCUT2D eigenvalue weighted by molar-refractivity contribution is 5.92. The van der Waals surface area contributed by atoms with Crippen molar-refractivity contribution in [2.24, 2.45) is 0 Å². The Hall–Kier alpha value is -3.50. The van der Waals surface area contributed by atoms with Crippen LogP contribution in [0.2, 0.25) is 0 Å². The summed E-state index contributed by atoms with van der Waals surface area (Å²) in [5.74, 6) is 0.0139. The van der Waals surface area contributed by atoms with E-state index in [1.165, 1.54) is 26.7 Å². The summed E-state index contributed by atoms with van der Waals surface area (Å²) in [6, 6.07) is 7.48. The molecule has 0 spiro atoms. The number of amides is 2. The van der Waals surface area contributed by atoms with Crippen LogP contribution in [0, 0.1) is 0 Å². The lowest BCUT2D eigenvalue weighted by atomic mass is 10.1. The maximum absolute atomic E-state index is 12.1. The van der Waals surface area contributed by atoms with Gasteiger partial charge in [-0.2, -0.15) is 0 Å². The number of nitrogens with zero attached hydrogens (tertiary/aromatic N) is 2. The molecule has 0 aliphatic heterocycles. The molecule has 158 valence electrons. The molecule has 10 nitrogen and oxygen atoms in total. The van der Waals surface area contributed by atoms with Crippen LogP contribution in [0.15, 0.2) is 45.6 Å². The molecular weight excluding hydrogens is 392 g/mol. The lowest BCUT2D eigenvalue weighted by Gasteiger charge is -2.06. The lowest BCUT2D eigenvalue weighted by molar-refractivity contribution is 0.0937. The van der Waals surface area contributed by atoms with Crippen LogP contribution < -0.4 is 10.6 Å². The van der Waals surface area contributed by atoms with Gasteiger partial charge in [0.25, 0.3) is 11.8 Å². The van der Waals surface area contributed by atoms with E-state index in [1.807, 2.05) is 24.3 Å². The molecule has 2 heterocycles. The Morgan fingerprint density at radius 3 is 1.57 bits per heavy atom. The van der Waals surface area contributed by atoms with Gasteiger partial charge in [-0.3, -0.25) is 9.59 Å². The van der Waals surface area contributed by atoms with Gasteiger partial charge in [0.1, 0.15) is 25.7 Å². The zero-order valence-electron chi connectivity index (χ0n) is 16.6. The number of ether oxygens (including phenoxy) is 2. The summed E-state index contributed by atoms with van der Waals surface area (Å²) in [4.78, 5) is 32.3. The monoisotopic (exact) mass is 414 g/mol. The topological polar surface area (TPSA) is 129 Å². The molecule has 10 heteroatoms. The zero-order chi connectivity index (χ0) is 21.3. The van der Waals surface area contributed by atoms with Crippen LogP contribution in [0.3, 0.4) is 0 Å². The molecule has 0 saturated carbocycles. The highest BCUT2D eigenvalue weighted by atomic mass is 16.5. The third-order valence-electron chi connectivity index (χ3n) is 4.03. The molecule has 2 aromatic heterocycles. The van der Waals surface area contributed by atoms with Gasteiger partial charge < -0.3 is 28.9 Å². The van der Waals surface area contributed by atoms with Crippen LogP contribution in [0.25, 0.3) is 0 Å². The van der Waals surface area contributed by atoms with E-state index < -0.39 is 0 Å². The van der Waals surface area contributed by atoms with Gasteiger partial charge in [-0.25, -0.2) is 9.97 Å². The molecule has 0 aliphatic rings. The number of nitrogens with one attached hydrogen (secondary N) is 2. The summed E-state index contributed by atoms with van der Waals surface area (Å²) in [5, 5.41) is 5.55. The fourth-order valence-electron chi connectivity index (χ4n) is 2.53. The molecule has 0 bridgehead atoms. The minimum Gasteiger partial charge on any atom is -0.446 e. The standard InChI is InChI=1S/C20H22N4O6/c1-27-11-17-23-15(9-29-17)19(25)21-7-13-3-5-14(6-4-13)8-22-20(26)16-10-30-18(24-16)12-28-2/h3-6,9-10H,7-8,11-12H2,1-2H3,(H,21,25)(H,22,26). The van der Waals surface area contributed by atoms with Crippen molar-refractivity contribution in [1.82, 2.24) is 20.6 Å². The van der Waals surface area contributed by atoms with Crippen molar-refractivity contribution in [2.45, 2.75) is 26.3 Å². The van der Waals surface area contributed by atoms with E-state index in [0.29, 0.717) is 24.9 Å². The predicted octanol–water partition coefficient (Wildman–Crippen LogP) is 1.82. The zero-order valence-corrected chi connectivity index (χ0v) is 16.6. The summed E-state index contributed by atoms with van der Waals surface area (Å²) < 4.78 is 20.1. The summed E-state index contributed by atoms with van der Waals surface area (Å²) in [6.45, 7) is 1.07. The largest absolute Gasteiger partial charge is 0.446 e. The number of oxazole rings is 2. The van der Waals surface area contributed by atoms with Crippen LogP contribution in [0.1, 0.15) is 43.9 Å². The molecule has 3 aromatic rings. The van der Waals surface area contributed by atoms with Crippen molar-refractivity contribution >= 4 is 11.8 Å². The Balaban J connectivity index is 1.46.